The molecular weight excluding hydrogens is 424 g/mol. The van der Waals surface area contributed by atoms with Gasteiger partial charge < -0.3 is 10.1 Å². The molecule has 0 fully saturated rings. The minimum Gasteiger partial charge on any atom is -0.462 e. The fraction of sp³-hybridized carbons (Fsp3) is 0.500. The molecule has 1 N–H and O–H groups in total. The first kappa shape index (κ1) is 25.4. The zero-order valence-corrected chi connectivity index (χ0v) is 18.9. The summed E-state index contributed by atoms with van der Waals surface area (Å²) in [6.45, 7) is 9.44. The van der Waals surface area contributed by atoms with Crippen molar-refractivity contribution in [2.75, 3.05) is 6.61 Å². The first-order valence-corrected chi connectivity index (χ1v) is 10.4. The molecule has 8 heteroatoms. The molecule has 0 saturated heterocycles. The molecule has 1 aromatic rings. The van der Waals surface area contributed by atoms with Crippen molar-refractivity contribution in [2.24, 2.45) is 5.41 Å². The van der Waals surface area contributed by atoms with E-state index in [1.165, 1.54) is 0 Å². The molecule has 2 rings (SSSR count). The van der Waals surface area contributed by atoms with Gasteiger partial charge in [0, 0.05) is 11.4 Å². The van der Waals surface area contributed by atoms with Crippen molar-refractivity contribution in [2.45, 2.75) is 66.0 Å². The second-order valence-corrected chi connectivity index (χ2v) is 9.03. The average Bonchev–Trinajstić information content (AvgIpc) is 2.66. The highest BCUT2D eigenvalue weighted by Gasteiger charge is 2.42. The van der Waals surface area contributed by atoms with Crippen LogP contribution in [0.15, 0.2) is 40.7 Å². The standard InChI is InChI=1S/C24H28F4N2O2/c1-6-7-19-21(22(31)32-11-10-23(3,4)5)20(17(13-29)14(2)30-19)16-9-8-15(25)12-18(16)24(26,27)28/h8-9,12,20,30H,6-7,10-11H2,1-5H3. The lowest BCUT2D eigenvalue weighted by atomic mass is 9.78. The number of carbonyl (C=O) groups excluding carboxylic acids is 1. The van der Waals surface area contributed by atoms with E-state index < -0.39 is 29.4 Å². The van der Waals surface area contributed by atoms with Crippen LogP contribution in [0.1, 0.15) is 70.9 Å². The van der Waals surface area contributed by atoms with Crippen molar-refractivity contribution < 1.29 is 27.1 Å². The highest BCUT2D eigenvalue weighted by Crippen LogP contribution is 2.44. The summed E-state index contributed by atoms with van der Waals surface area (Å²) in [5.74, 6) is -3.16. The van der Waals surface area contributed by atoms with Crippen LogP contribution in [0.25, 0.3) is 0 Å². The van der Waals surface area contributed by atoms with Crippen molar-refractivity contribution in [3.63, 3.8) is 0 Å². The van der Waals surface area contributed by atoms with E-state index in [1.54, 1.807) is 6.92 Å². The average molecular weight is 452 g/mol. The Hall–Kier alpha value is -2.82. The van der Waals surface area contributed by atoms with Crippen LogP contribution in [0.4, 0.5) is 17.6 Å². The lowest BCUT2D eigenvalue weighted by Gasteiger charge is -2.31. The van der Waals surface area contributed by atoms with Crippen molar-refractivity contribution >= 4 is 5.97 Å². The number of esters is 1. The summed E-state index contributed by atoms with van der Waals surface area (Å²) >= 11 is 0. The van der Waals surface area contributed by atoms with E-state index in [1.807, 2.05) is 33.8 Å². The first-order chi connectivity index (χ1) is 14.8. The number of dihydropyridines is 1. The predicted molar refractivity (Wildman–Crippen MR) is 113 cm³/mol. The largest absolute Gasteiger partial charge is 0.462 e. The molecule has 174 valence electrons. The summed E-state index contributed by atoms with van der Waals surface area (Å²) < 4.78 is 60.6. The maximum absolute atomic E-state index is 13.8. The molecule has 0 saturated carbocycles. The Morgan fingerprint density at radius 3 is 2.44 bits per heavy atom. The monoisotopic (exact) mass is 452 g/mol. The summed E-state index contributed by atoms with van der Waals surface area (Å²) in [5, 5.41) is 12.8. The number of hydrogen-bond donors (Lipinski definition) is 1. The third kappa shape index (κ3) is 5.90. The number of nitrogens with one attached hydrogen (secondary N) is 1. The molecule has 0 amide bonds. The highest BCUT2D eigenvalue weighted by molar-refractivity contribution is 5.93. The van der Waals surface area contributed by atoms with E-state index in [9.17, 15) is 27.6 Å². The Bertz CT molecular complexity index is 979. The van der Waals surface area contributed by atoms with Crippen LogP contribution in [0, 0.1) is 22.6 Å². The van der Waals surface area contributed by atoms with E-state index >= 15 is 0 Å². The third-order valence-electron chi connectivity index (χ3n) is 5.20. The maximum atomic E-state index is 13.8. The topological polar surface area (TPSA) is 62.1 Å². The zero-order valence-electron chi connectivity index (χ0n) is 18.9. The summed E-state index contributed by atoms with van der Waals surface area (Å²) in [6.07, 6.45) is -3.34. The normalized spacial score (nSPS) is 17.2. The lowest BCUT2D eigenvalue weighted by molar-refractivity contribution is -0.141. The predicted octanol–water partition coefficient (Wildman–Crippen LogP) is 6.36. The van der Waals surface area contributed by atoms with Gasteiger partial charge in [-0.1, -0.05) is 40.2 Å². The van der Waals surface area contributed by atoms with Gasteiger partial charge in [0.25, 0.3) is 0 Å². The van der Waals surface area contributed by atoms with Gasteiger partial charge in [0.1, 0.15) is 5.82 Å². The van der Waals surface area contributed by atoms with E-state index in [0.29, 0.717) is 36.7 Å². The van der Waals surface area contributed by atoms with Gasteiger partial charge in [-0.3, -0.25) is 0 Å². The molecule has 0 bridgehead atoms. The molecule has 1 atom stereocenters. The SMILES string of the molecule is CCCC1=C(C(=O)OCCC(C)(C)C)C(c2ccc(F)cc2C(F)(F)F)C(C#N)=C(C)N1. The number of ether oxygens (including phenoxy) is 1. The second kappa shape index (κ2) is 9.76. The van der Waals surface area contributed by atoms with Crippen molar-refractivity contribution in [1.29, 1.82) is 5.26 Å². The molecular formula is C24H28F4N2O2. The van der Waals surface area contributed by atoms with Crippen LogP contribution >= 0.6 is 0 Å². The number of hydrogen-bond acceptors (Lipinski definition) is 4. The Morgan fingerprint density at radius 1 is 1.25 bits per heavy atom. The molecule has 1 heterocycles. The van der Waals surface area contributed by atoms with Crippen LogP contribution in [0.5, 0.6) is 0 Å². The molecule has 32 heavy (non-hydrogen) atoms. The van der Waals surface area contributed by atoms with Gasteiger partial charge in [0.05, 0.1) is 35.3 Å². The first-order valence-electron chi connectivity index (χ1n) is 10.4. The van der Waals surface area contributed by atoms with Crippen molar-refractivity contribution in [1.82, 2.24) is 5.32 Å². The summed E-state index contributed by atoms with van der Waals surface area (Å²) in [4.78, 5) is 13.1. The zero-order chi connectivity index (χ0) is 24.3. The number of allylic oxidation sites excluding steroid dienone is 3. The molecule has 1 aliphatic heterocycles. The number of benzene rings is 1. The van der Waals surface area contributed by atoms with Crippen LogP contribution in [0.3, 0.4) is 0 Å². The number of nitriles is 1. The summed E-state index contributed by atoms with van der Waals surface area (Å²) in [6, 6.07) is 4.22. The lowest BCUT2D eigenvalue weighted by Crippen LogP contribution is -2.31. The minimum absolute atomic E-state index is 0.0373. The van der Waals surface area contributed by atoms with Crippen LogP contribution in [-0.4, -0.2) is 12.6 Å². The number of rotatable bonds is 6. The molecule has 0 aliphatic carbocycles. The van der Waals surface area contributed by atoms with E-state index in [4.69, 9.17) is 4.74 Å². The Morgan fingerprint density at radius 2 is 1.91 bits per heavy atom. The van der Waals surface area contributed by atoms with Gasteiger partial charge in [-0.15, -0.1) is 0 Å². The molecule has 1 aliphatic rings. The number of carbonyl (C=O) groups is 1. The molecule has 4 nitrogen and oxygen atoms in total. The molecule has 0 radical (unpaired) electrons. The third-order valence-corrected chi connectivity index (χ3v) is 5.20. The van der Waals surface area contributed by atoms with Crippen LogP contribution < -0.4 is 5.32 Å². The van der Waals surface area contributed by atoms with Gasteiger partial charge in [-0.25, -0.2) is 9.18 Å². The maximum Gasteiger partial charge on any atom is 0.416 e. The van der Waals surface area contributed by atoms with Gasteiger partial charge in [-0.2, -0.15) is 18.4 Å². The molecule has 0 spiro atoms. The van der Waals surface area contributed by atoms with Gasteiger partial charge in [0.2, 0.25) is 0 Å². The summed E-state index contributed by atoms with van der Waals surface area (Å²) in [7, 11) is 0. The van der Waals surface area contributed by atoms with Gasteiger partial charge in [0.15, 0.2) is 0 Å². The number of alkyl halides is 3. The highest BCUT2D eigenvalue weighted by atomic mass is 19.4. The van der Waals surface area contributed by atoms with Crippen molar-refractivity contribution in [3.8, 4) is 6.07 Å². The molecule has 1 aromatic carbocycles. The van der Waals surface area contributed by atoms with Gasteiger partial charge >= 0.3 is 12.1 Å². The smallest absolute Gasteiger partial charge is 0.416 e. The number of nitrogens with zero attached hydrogens (tertiary/aromatic N) is 1. The van der Waals surface area contributed by atoms with E-state index in [0.717, 1.165) is 12.1 Å². The summed E-state index contributed by atoms with van der Waals surface area (Å²) in [5.41, 5.74) is -1.00. The van der Waals surface area contributed by atoms with Crippen molar-refractivity contribution in [3.05, 3.63) is 57.7 Å². The van der Waals surface area contributed by atoms with Crippen LogP contribution in [0.2, 0.25) is 0 Å². The Kier molecular flexibility index (Phi) is 7.76. The Balaban J connectivity index is 2.68. The second-order valence-electron chi connectivity index (χ2n) is 9.03. The fourth-order valence-corrected chi connectivity index (χ4v) is 3.60. The number of halogens is 4. The van der Waals surface area contributed by atoms with E-state index in [2.05, 4.69) is 5.32 Å². The quantitative estimate of drug-likeness (QED) is 0.403. The molecule has 0 aromatic heterocycles. The Labute approximate surface area is 185 Å². The minimum atomic E-state index is -4.87. The fourth-order valence-electron chi connectivity index (χ4n) is 3.60. The molecule has 1 unspecified atom stereocenters. The van der Waals surface area contributed by atoms with Crippen LogP contribution in [-0.2, 0) is 15.7 Å². The van der Waals surface area contributed by atoms with E-state index in [-0.39, 0.29) is 28.7 Å². The van der Waals surface area contributed by atoms with Gasteiger partial charge in [-0.05, 0) is 42.9 Å².